The Bertz CT molecular complexity index is 719. The zero-order valence-corrected chi connectivity index (χ0v) is 19.8. The highest BCUT2D eigenvalue weighted by atomic mass is 16.3. The van der Waals surface area contributed by atoms with Gasteiger partial charge in [-0.15, -0.1) is 0 Å². The van der Waals surface area contributed by atoms with Crippen LogP contribution in [0, 0.1) is 23.2 Å². The predicted molar refractivity (Wildman–Crippen MR) is 127 cm³/mol. The largest absolute Gasteiger partial charge is 0.390 e. The van der Waals surface area contributed by atoms with Crippen molar-refractivity contribution in [1.82, 2.24) is 0 Å². The molecule has 0 aromatic carbocycles. The highest BCUT2D eigenvalue weighted by Crippen LogP contribution is 2.60. The normalized spacial score (nSPS) is 36.4. The van der Waals surface area contributed by atoms with E-state index in [-0.39, 0.29) is 0 Å². The molecule has 3 fully saturated rings. The summed E-state index contributed by atoms with van der Waals surface area (Å²) in [6.07, 6.45) is 15.6. The average molecular weight is 413 g/mol. The summed E-state index contributed by atoms with van der Waals surface area (Å²) in [5.74, 6) is 2.20. The van der Waals surface area contributed by atoms with Crippen molar-refractivity contribution in [3.8, 4) is 0 Å². The maximum absolute atomic E-state index is 10.3. The molecule has 3 rings (SSSR count). The fourth-order valence-electron chi connectivity index (χ4n) is 6.68. The summed E-state index contributed by atoms with van der Waals surface area (Å²) in [7, 11) is 0. The summed E-state index contributed by atoms with van der Waals surface area (Å²) in [4.78, 5) is 0. The van der Waals surface area contributed by atoms with Gasteiger partial charge in [0.15, 0.2) is 0 Å². The van der Waals surface area contributed by atoms with Gasteiger partial charge in [0.25, 0.3) is 0 Å². The molecule has 2 nitrogen and oxygen atoms in total. The summed E-state index contributed by atoms with van der Waals surface area (Å²) in [6.45, 7) is 16.9. The SMILES string of the molecule is C=C1CC/C(=C/C=C2\CCC[C@@]3(C)C2CCC3[C@H](C)CCCC(C)(C)O)C(=C)[C@H]1O. The Morgan fingerprint density at radius 3 is 2.60 bits per heavy atom. The molecule has 0 bridgehead atoms. The molecule has 2 N–H and O–H groups in total. The van der Waals surface area contributed by atoms with E-state index >= 15 is 0 Å². The van der Waals surface area contributed by atoms with E-state index < -0.39 is 11.7 Å². The maximum Gasteiger partial charge on any atom is 0.0995 e. The van der Waals surface area contributed by atoms with Crippen molar-refractivity contribution in [2.75, 3.05) is 0 Å². The van der Waals surface area contributed by atoms with Crippen molar-refractivity contribution < 1.29 is 10.2 Å². The summed E-state index contributed by atoms with van der Waals surface area (Å²) in [5, 5.41) is 20.3. The molecule has 0 amide bonds. The van der Waals surface area contributed by atoms with Gasteiger partial charge >= 0.3 is 0 Å². The lowest BCUT2D eigenvalue weighted by Gasteiger charge is -2.44. The second kappa shape index (κ2) is 9.17. The van der Waals surface area contributed by atoms with Crippen LogP contribution in [-0.4, -0.2) is 21.9 Å². The van der Waals surface area contributed by atoms with Crippen LogP contribution in [0.5, 0.6) is 0 Å². The van der Waals surface area contributed by atoms with Gasteiger partial charge in [0.05, 0.1) is 11.7 Å². The highest BCUT2D eigenvalue weighted by Gasteiger charge is 2.50. The number of hydrogen-bond acceptors (Lipinski definition) is 2. The molecule has 2 unspecified atom stereocenters. The Morgan fingerprint density at radius 1 is 1.17 bits per heavy atom. The Labute approximate surface area is 184 Å². The number of rotatable bonds is 6. The van der Waals surface area contributed by atoms with Gasteiger partial charge in [-0.2, -0.15) is 0 Å². The zero-order chi connectivity index (χ0) is 22.1. The third-order valence-electron chi connectivity index (χ3n) is 8.52. The fourth-order valence-corrected chi connectivity index (χ4v) is 6.68. The van der Waals surface area contributed by atoms with Crippen LogP contribution in [0.15, 0.2) is 47.6 Å². The van der Waals surface area contributed by atoms with Gasteiger partial charge < -0.3 is 10.2 Å². The summed E-state index contributed by atoms with van der Waals surface area (Å²) >= 11 is 0. The lowest BCUT2D eigenvalue weighted by atomic mass is 9.60. The van der Waals surface area contributed by atoms with E-state index in [4.69, 9.17) is 0 Å². The Morgan fingerprint density at radius 2 is 1.90 bits per heavy atom. The minimum Gasteiger partial charge on any atom is -0.390 e. The minimum absolute atomic E-state index is 0.411. The third kappa shape index (κ3) is 5.02. The second-order valence-electron chi connectivity index (χ2n) is 11.3. The van der Waals surface area contributed by atoms with Crippen LogP contribution in [0.3, 0.4) is 0 Å². The number of fused-ring (bicyclic) bond motifs is 1. The summed E-state index contributed by atoms with van der Waals surface area (Å²) in [6, 6.07) is 0. The van der Waals surface area contributed by atoms with Gasteiger partial charge in [0.1, 0.15) is 0 Å². The van der Waals surface area contributed by atoms with Gasteiger partial charge in [-0.1, -0.05) is 57.6 Å². The standard InChI is InChI=1S/C28H44O2/c1-19(9-7-17-27(4,5)30)24-15-16-25-23(10-8-18-28(24,25)6)14-13-22-12-11-20(2)26(29)21(22)3/h13-14,19,24-26,29-30H,2-3,7-12,15-18H2,1,4-6H3/b22-13-,23-14+/t19-,24?,25?,26+,28-/m1/s1. The van der Waals surface area contributed by atoms with Crippen LogP contribution in [0.4, 0.5) is 0 Å². The second-order valence-corrected chi connectivity index (χ2v) is 11.3. The lowest BCUT2D eigenvalue weighted by Crippen LogP contribution is -2.36. The zero-order valence-electron chi connectivity index (χ0n) is 19.8. The first-order valence-electron chi connectivity index (χ1n) is 12.2. The molecule has 3 saturated carbocycles. The maximum atomic E-state index is 10.3. The molecule has 0 saturated heterocycles. The van der Waals surface area contributed by atoms with E-state index in [1.165, 1.54) is 44.1 Å². The number of aliphatic hydroxyl groups is 2. The molecule has 2 heteroatoms. The van der Waals surface area contributed by atoms with Crippen molar-refractivity contribution in [2.45, 2.75) is 104 Å². The van der Waals surface area contributed by atoms with E-state index in [9.17, 15) is 10.2 Å². The first-order chi connectivity index (χ1) is 14.0. The smallest absolute Gasteiger partial charge is 0.0995 e. The molecule has 0 heterocycles. The predicted octanol–water partition coefficient (Wildman–Crippen LogP) is 6.90. The van der Waals surface area contributed by atoms with E-state index in [2.05, 4.69) is 39.2 Å². The molecule has 0 spiro atoms. The lowest BCUT2D eigenvalue weighted by molar-refractivity contribution is 0.0597. The molecule has 0 aliphatic heterocycles. The van der Waals surface area contributed by atoms with Crippen molar-refractivity contribution in [3.05, 3.63) is 47.6 Å². The van der Waals surface area contributed by atoms with Crippen LogP contribution in [0.25, 0.3) is 0 Å². The van der Waals surface area contributed by atoms with E-state index in [1.807, 2.05) is 13.8 Å². The molecule has 3 aliphatic rings. The third-order valence-corrected chi connectivity index (χ3v) is 8.52. The molecule has 3 aliphatic carbocycles. The van der Waals surface area contributed by atoms with Gasteiger partial charge in [0.2, 0.25) is 0 Å². The van der Waals surface area contributed by atoms with Crippen molar-refractivity contribution in [3.63, 3.8) is 0 Å². The first-order valence-corrected chi connectivity index (χ1v) is 12.2. The molecular weight excluding hydrogens is 368 g/mol. The first kappa shape index (κ1) is 23.5. The van der Waals surface area contributed by atoms with Gasteiger partial charge in [-0.3, -0.25) is 0 Å². The highest BCUT2D eigenvalue weighted by molar-refractivity contribution is 5.43. The molecule has 0 radical (unpaired) electrons. The minimum atomic E-state index is -0.569. The van der Waals surface area contributed by atoms with Gasteiger partial charge in [-0.05, 0) is 105 Å². The Kier molecular flexibility index (Phi) is 7.19. The Balaban J connectivity index is 1.70. The van der Waals surface area contributed by atoms with E-state index in [1.54, 1.807) is 5.57 Å². The molecule has 0 aromatic heterocycles. The van der Waals surface area contributed by atoms with E-state index in [0.717, 1.165) is 48.7 Å². The summed E-state index contributed by atoms with van der Waals surface area (Å²) < 4.78 is 0. The number of hydrogen-bond donors (Lipinski definition) is 2. The van der Waals surface area contributed by atoms with Gasteiger partial charge in [-0.25, -0.2) is 0 Å². The topological polar surface area (TPSA) is 40.5 Å². The number of allylic oxidation sites excluding steroid dienone is 3. The molecule has 0 aromatic rings. The fraction of sp³-hybridized carbons (Fsp3) is 0.714. The van der Waals surface area contributed by atoms with E-state index in [0.29, 0.717) is 11.3 Å². The van der Waals surface area contributed by atoms with Crippen LogP contribution < -0.4 is 0 Å². The monoisotopic (exact) mass is 412 g/mol. The average Bonchev–Trinajstić information content (AvgIpc) is 3.02. The summed E-state index contributed by atoms with van der Waals surface area (Å²) in [5.41, 5.74) is 4.42. The van der Waals surface area contributed by atoms with Crippen molar-refractivity contribution in [2.24, 2.45) is 23.2 Å². The quantitative estimate of drug-likeness (QED) is 0.466. The van der Waals surface area contributed by atoms with Gasteiger partial charge in [0, 0.05) is 0 Å². The van der Waals surface area contributed by atoms with Crippen molar-refractivity contribution in [1.29, 1.82) is 0 Å². The number of aliphatic hydroxyl groups excluding tert-OH is 1. The van der Waals surface area contributed by atoms with Crippen LogP contribution >= 0.6 is 0 Å². The molecular formula is C28H44O2. The molecule has 168 valence electrons. The van der Waals surface area contributed by atoms with Crippen LogP contribution in [0.2, 0.25) is 0 Å². The van der Waals surface area contributed by atoms with Crippen LogP contribution in [-0.2, 0) is 0 Å². The molecule has 5 atom stereocenters. The van der Waals surface area contributed by atoms with Crippen LogP contribution in [0.1, 0.15) is 91.9 Å². The van der Waals surface area contributed by atoms with Crippen molar-refractivity contribution >= 4 is 0 Å². The Hall–Kier alpha value is -1.12. The molecule has 30 heavy (non-hydrogen) atoms.